The number of nitrogens with two attached hydrogens (primary N) is 1. The normalized spacial score (nSPS) is 28.3. The van der Waals surface area contributed by atoms with E-state index >= 15 is 0 Å². The maximum atomic E-state index is 14.6. The van der Waals surface area contributed by atoms with E-state index in [1.165, 1.54) is 13.8 Å². The highest BCUT2D eigenvalue weighted by atomic mass is 35.5. The Morgan fingerprint density at radius 2 is 2.22 bits per heavy atom. The quantitative estimate of drug-likeness (QED) is 0.430. The molecular weight excluding hydrogens is 392 g/mol. The van der Waals surface area contributed by atoms with E-state index in [1.807, 2.05) is 0 Å². The molecule has 12 heteroatoms. The molecule has 0 spiro atoms. The number of carbonyl (C=O) groups excluding carboxylic acids is 1. The lowest BCUT2D eigenvalue weighted by Gasteiger charge is -2.30. The third kappa shape index (κ3) is 3.91. The van der Waals surface area contributed by atoms with Gasteiger partial charge in [0.1, 0.15) is 18.3 Å². The van der Waals surface area contributed by atoms with E-state index in [0.29, 0.717) is 10.8 Å². The number of aliphatic hydroxyl groups is 2. The lowest BCUT2D eigenvalue weighted by Crippen LogP contribution is -2.49. The Balaban J connectivity index is 2.29. The fourth-order valence-corrected chi connectivity index (χ4v) is 2.69. The van der Waals surface area contributed by atoms with E-state index < -0.39 is 71.9 Å². The maximum Gasteiger partial charge on any atom is 0.351 e. The molecule has 0 radical (unpaired) electrons. The number of carbonyl (C=O) groups is 1. The molecule has 1 aromatic rings. The third-order valence-electron chi connectivity index (χ3n) is 4.30. The molecular formula is C15H20ClF2N3O6. The number of halogens is 3. The predicted molar refractivity (Wildman–Crippen MR) is 89.2 cm³/mol. The van der Waals surface area contributed by atoms with Crippen molar-refractivity contribution in [1.82, 2.24) is 9.55 Å². The highest BCUT2D eigenvalue weighted by molar-refractivity contribution is 6.18. The van der Waals surface area contributed by atoms with Crippen molar-refractivity contribution < 1.29 is 33.3 Å². The zero-order valence-corrected chi connectivity index (χ0v) is 15.3. The number of nitrogens with zero attached hydrogens (tertiary/aromatic N) is 2. The fourth-order valence-electron chi connectivity index (χ4n) is 2.39. The van der Waals surface area contributed by atoms with Crippen molar-refractivity contribution in [2.45, 2.75) is 38.0 Å². The molecule has 0 saturated carbocycles. The number of hydrogen-bond donors (Lipinski definition) is 3. The van der Waals surface area contributed by atoms with E-state index in [0.717, 1.165) is 0 Å². The van der Waals surface area contributed by atoms with Crippen LogP contribution in [-0.4, -0.2) is 62.7 Å². The van der Waals surface area contributed by atoms with E-state index in [-0.39, 0.29) is 0 Å². The number of nitrogen functional groups attached to an aromatic ring is 1. The van der Waals surface area contributed by atoms with Crippen LogP contribution >= 0.6 is 11.6 Å². The van der Waals surface area contributed by atoms with Crippen LogP contribution in [-0.2, 0) is 14.3 Å². The smallest absolute Gasteiger partial charge is 0.351 e. The minimum Gasteiger partial charge on any atom is -0.462 e. The van der Waals surface area contributed by atoms with Gasteiger partial charge >= 0.3 is 11.7 Å². The molecule has 152 valence electrons. The average Bonchev–Trinajstić information content (AvgIpc) is 2.88. The first-order chi connectivity index (χ1) is 12.5. The van der Waals surface area contributed by atoms with E-state index in [1.54, 1.807) is 0 Å². The van der Waals surface area contributed by atoms with Crippen LogP contribution in [0.1, 0.15) is 20.1 Å². The summed E-state index contributed by atoms with van der Waals surface area (Å²) >= 11 is 5.82. The molecule has 0 aliphatic carbocycles. The largest absolute Gasteiger partial charge is 0.462 e. The Morgan fingerprint density at radius 1 is 1.59 bits per heavy atom. The van der Waals surface area contributed by atoms with Gasteiger partial charge in [-0.15, -0.1) is 11.6 Å². The number of aromatic nitrogens is 2. The number of alkyl halides is 2. The molecule has 27 heavy (non-hydrogen) atoms. The van der Waals surface area contributed by atoms with Crippen LogP contribution in [0.25, 0.3) is 0 Å². The Hall–Kier alpha value is -1.82. The summed E-state index contributed by atoms with van der Waals surface area (Å²) in [5.41, 5.74) is 0.940. The SMILES string of the molecule is CC(C)(CO)C(=O)OC[C@@]1(CCl)O[C@@H](n2cc(F)c(N)nc2=O)[C@@H](F)[C@@H]1O. The summed E-state index contributed by atoms with van der Waals surface area (Å²) in [6.45, 7) is 1.66. The van der Waals surface area contributed by atoms with Crippen molar-refractivity contribution >= 4 is 23.4 Å². The van der Waals surface area contributed by atoms with Gasteiger partial charge in [0, 0.05) is 0 Å². The summed E-state index contributed by atoms with van der Waals surface area (Å²) in [4.78, 5) is 27.1. The van der Waals surface area contributed by atoms with Crippen molar-refractivity contribution in [1.29, 1.82) is 0 Å². The van der Waals surface area contributed by atoms with Crippen molar-refractivity contribution in [3.05, 3.63) is 22.5 Å². The summed E-state index contributed by atoms with van der Waals surface area (Å²) in [5.74, 6) is -3.09. The van der Waals surface area contributed by atoms with E-state index in [4.69, 9.17) is 26.8 Å². The van der Waals surface area contributed by atoms with Gasteiger partial charge in [-0.25, -0.2) is 13.6 Å². The van der Waals surface area contributed by atoms with Crippen molar-refractivity contribution in [3.63, 3.8) is 0 Å². The Morgan fingerprint density at radius 3 is 2.78 bits per heavy atom. The zero-order valence-electron chi connectivity index (χ0n) is 14.6. The van der Waals surface area contributed by atoms with E-state index in [2.05, 4.69) is 4.98 Å². The molecule has 1 aliphatic heterocycles. The standard InChI is InChI=1S/C15H20ClF2N3O6/c1-14(2,5-22)12(24)26-6-15(4-16)9(23)8(18)11(27-15)21-3-7(17)10(19)20-13(21)25/h3,8-9,11,22-23H,4-6H2,1-2H3,(H2,19,20,25)/t8-,9-,11+,15+/m0/s1. The molecule has 4 N–H and O–H groups in total. The second-order valence-electron chi connectivity index (χ2n) is 6.88. The Labute approximate surface area is 157 Å². The lowest BCUT2D eigenvalue weighted by molar-refractivity contribution is -0.172. The predicted octanol–water partition coefficient (Wildman–Crippen LogP) is -0.268. The molecule has 1 saturated heterocycles. The molecule has 2 heterocycles. The Kier molecular flexibility index (Phi) is 6.10. The summed E-state index contributed by atoms with van der Waals surface area (Å²) in [5, 5.41) is 19.4. The highest BCUT2D eigenvalue weighted by Gasteiger charge is 2.57. The molecule has 1 fully saturated rings. The van der Waals surface area contributed by atoms with Gasteiger partial charge in [-0.2, -0.15) is 4.98 Å². The van der Waals surface area contributed by atoms with Gasteiger partial charge in [0.15, 0.2) is 24.0 Å². The second-order valence-corrected chi connectivity index (χ2v) is 7.15. The third-order valence-corrected chi connectivity index (χ3v) is 4.75. The summed E-state index contributed by atoms with van der Waals surface area (Å²) in [6, 6.07) is 0. The van der Waals surface area contributed by atoms with Gasteiger partial charge in [-0.3, -0.25) is 9.36 Å². The zero-order chi connectivity index (χ0) is 20.6. The van der Waals surface area contributed by atoms with Crippen LogP contribution in [0.15, 0.2) is 11.0 Å². The van der Waals surface area contributed by atoms with Gasteiger partial charge in [0.2, 0.25) is 0 Å². The number of rotatable bonds is 6. The van der Waals surface area contributed by atoms with Crippen LogP contribution in [0.4, 0.5) is 14.6 Å². The highest BCUT2D eigenvalue weighted by Crippen LogP contribution is 2.40. The number of anilines is 1. The molecule has 4 atom stereocenters. The summed E-state index contributed by atoms with van der Waals surface area (Å²) in [6.07, 6.45) is -5.26. The Bertz CT molecular complexity index is 776. The molecule has 0 amide bonds. The topological polar surface area (TPSA) is 137 Å². The first-order valence-corrected chi connectivity index (χ1v) is 8.40. The van der Waals surface area contributed by atoms with Crippen LogP contribution in [0, 0.1) is 11.2 Å². The molecule has 0 aromatic carbocycles. The second kappa shape index (κ2) is 7.66. The number of ether oxygens (including phenoxy) is 2. The summed E-state index contributed by atoms with van der Waals surface area (Å²) in [7, 11) is 0. The first kappa shape index (κ1) is 21.5. The van der Waals surface area contributed by atoms with Crippen LogP contribution < -0.4 is 11.4 Å². The number of esters is 1. The maximum absolute atomic E-state index is 14.6. The van der Waals surface area contributed by atoms with Crippen molar-refractivity contribution in [2.75, 3.05) is 24.8 Å². The molecule has 0 unspecified atom stereocenters. The summed E-state index contributed by atoms with van der Waals surface area (Å²) < 4.78 is 39.2. The van der Waals surface area contributed by atoms with Crippen molar-refractivity contribution in [3.8, 4) is 0 Å². The number of aliphatic hydroxyl groups excluding tert-OH is 2. The van der Waals surface area contributed by atoms with Crippen molar-refractivity contribution in [2.24, 2.45) is 5.41 Å². The van der Waals surface area contributed by atoms with Gasteiger partial charge in [0.25, 0.3) is 0 Å². The first-order valence-electron chi connectivity index (χ1n) is 7.87. The van der Waals surface area contributed by atoms with Gasteiger partial charge < -0.3 is 25.4 Å². The minimum atomic E-state index is -2.20. The minimum absolute atomic E-state index is 0.493. The van der Waals surface area contributed by atoms with Gasteiger partial charge in [-0.1, -0.05) is 0 Å². The lowest BCUT2D eigenvalue weighted by atomic mass is 9.95. The van der Waals surface area contributed by atoms with Crippen LogP contribution in [0.3, 0.4) is 0 Å². The molecule has 0 bridgehead atoms. The molecule has 1 aromatic heterocycles. The molecule has 2 rings (SSSR count). The van der Waals surface area contributed by atoms with Crippen LogP contribution in [0.5, 0.6) is 0 Å². The van der Waals surface area contributed by atoms with E-state index in [9.17, 15) is 28.6 Å². The fraction of sp³-hybridized carbons (Fsp3) is 0.667. The average molecular weight is 412 g/mol. The number of hydrogen-bond acceptors (Lipinski definition) is 8. The van der Waals surface area contributed by atoms with Gasteiger partial charge in [-0.05, 0) is 13.8 Å². The molecule has 9 nitrogen and oxygen atoms in total. The molecule has 1 aliphatic rings. The monoisotopic (exact) mass is 411 g/mol. The van der Waals surface area contributed by atoms with Crippen LogP contribution in [0.2, 0.25) is 0 Å². The van der Waals surface area contributed by atoms with Gasteiger partial charge in [0.05, 0.1) is 24.1 Å².